The molecule has 1 amide bonds. The Bertz CT molecular complexity index is 639. The lowest BCUT2D eigenvalue weighted by molar-refractivity contribution is -0.143. The van der Waals surface area contributed by atoms with E-state index in [0.717, 1.165) is 5.56 Å². The van der Waals surface area contributed by atoms with Gasteiger partial charge < -0.3 is 14.2 Å². The van der Waals surface area contributed by atoms with Crippen molar-refractivity contribution in [2.45, 2.75) is 19.9 Å². The molecule has 1 saturated heterocycles. The van der Waals surface area contributed by atoms with E-state index >= 15 is 0 Å². The van der Waals surface area contributed by atoms with Gasteiger partial charge >= 0.3 is 0 Å². The minimum Gasteiger partial charge on any atom is -0.377 e. The first-order valence-electron chi connectivity index (χ1n) is 7.44. The van der Waals surface area contributed by atoms with Crippen molar-refractivity contribution in [3.63, 3.8) is 0 Å². The highest BCUT2D eigenvalue weighted by atomic mass is 16.5. The van der Waals surface area contributed by atoms with Crippen LogP contribution >= 0.6 is 0 Å². The Labute approximate surface area is 129 Å². The van der Waals surface area contributed by atoms with Crippen molar-refractivity contribution in [3.05, 3.63) is 36.2 Å². The lowest BCUT2D eigenvalue weighted by Crippen LogP contribution is -2.45. The second-order valence-corrected chi connectivity index (χ2v) is 5.60. The average molecular weight is 301 g/mol. The predicted octanol–water partition coefficient (Wildman–Crippen LogP) is 2.29. The van der Waals surface area contributed by atoms with Crippen LogP contribution in [0.15, 0.2) is 34.9 Å². The van der Waals surface area contributed by atoms with Crippen molar-refractivity contribution in [1.82, 2.24) is 15.0 Å². The van der Waals surface area contributed by atoms with Gasteiger partial charge in [-0.2, -0.15) is 4.98 Å². The second-order valence-electron chi connectivity index (χ2n) is 5.60. The molecule has 3 rings (SSSR count). The summed E-state index contributed by atoms with van der Waals surface area (Å²) in [5.74, 6) is 0.964. The monoisotopic (exact) mass is 301 g/mol. The van der Waals surface area contributed by atoms with Crippen LogP contribution in [0.4, 0.5) is 0 Å². The molecule has 1 aliphatic heterocycles. The third-order valence-electron chi connectivity index (χ3n) is 3.67. The smallest absolute Gasteiger partial charge is 0.257 e. The third kappa shape index (κ3) is 2.87. The predicted molar refractivity (Wildman–Crippen MR) is 79.8 cm³/mol. The van der Waals surface area contributed by atoms with Crippen LogP contribution in [0, 0.1) is 5.92 Å². The van der Waals surface area contributed by atoms with Gasteiger partial charge in [0.2, 0.25) is 5.91 Å². The number of hydrogen-bond acceptors (Lipinski definition) is 5. The minimum atomic E-state index is -0.287. The fourth-order valence-corrected chi connectivity index (χ4v) is 2.48. The minimum absolute atomic E-state index is 0.0684. The molecule has 6 nitrogen and oxygen atoms in total. The van der Waals surface area contributed by atoms with Crippen LogP contribution < -0.4 is 0 Å². The first-order chi connectivity index (χ1) is 10.7. The Kier molecular flexibility index (Phi) is 4.20. The zero-order chi connectivity index (χ0) is 15.5. The zero-order valence-corrected chi connectivity index (χ0v) is 12.7. The van der Waals surface area contributed by atoms with Crippen LogP contribution in [0.25, 0.3) is 11.5 Å². The number of benzene rings is 1. The number of nitrogens with zero attached hydrogens (tertiary/aromatic N) is 3. The quantitative estimate of drug-likeness (QED) is 0.870. The largest absolute Gasteiger partial charge is 0.377 e. The van der Waals surface area contributed by atoms with Gasteiger partial charge in [-0.1, -0.05) is 37.2 Å². The third-order valence-corrected chi connectivity index (χ3v) is 3.67. The highest BCUT2D eigenvalue weighted by Crippen LogP contribution is 2.26. The number of ether oxygens (including phenoxy) is 1. The second kappa shape index (κ2) is 6.27. The van der Waals surface area contributed by atoms with Crippen LogP contribution in [0.2, 0.25) is 0 Å². The molecule has 0 bridgehead atoms. The van der Waals surface area contributed by atoms with Crippen LogP contribution in [-0.2, 0) is 9.53 Å². The summed E-state index contributed by atoms with van der Waals surface area (Å²) in [6.45, 7) is 5.27. The Morgan fingerprint density at radius 1 is 1.32 bits per heavy atom. The molecule has 2 aromatic rings. The van der Waals surface area contributed by atoms with E-state index in [1.165, 1.54) is 0 Å². The molecule has 0 radical (unpaired) electrons. The maximum absolute atomic E-state index is 12.3. The van der Waals surface area contributed by atoms with Crippen LogP contribution in [-0.4, -0.2) is 40.7 Å². The number of morpholine rings is 1. The van der Waals surface area contributed by atoms with Crippen molar-refractivity contribution >= 4 is 5.91 Å². The van der Waals surface area contributed by atoms with E-state index in [1.54, 1.807) is 4.90 Å². The Morgan fingerprint density at radius 2 is 2.09 bits per heavy atom. The lowest BCUT2D eigenvalue weighted by atomic mass is 10.1. The number of rotatable bonds is 3. The summed E-state index contributed by atoms with van der Waals surface area (Å²) in [4.78, 5) is 18.6. The van der Waals surface area contributed by atoms with Gasteiger partial charge in [0.25, 0.3) is 5.89 Å². The summed E-state index contributed by atoms with van der Waals surface area (Å²) >= 11 is 0. The Morgan fingerprint density at radius 3 is 2.82 bits per heavy atom. The topological polar surface area (TPSA) is 68.5 Å². The maximum Gasteiger partial charge on any atom is 0.257 e. The number of carbonyl (C=O) groups is 1. The van der Waals surface area contributed by atoms with Gasteiger partial charge in [0.05, 0.1) is 13.2 Å². The molecular weight excluding hydrogens is 282 g/mol. The SMILES string of the molecule is CC(C)C(=O)N1CCOC[C@@H]1c1noc(-c2ccccc2)n1. The molecule has 1 atom stereocenters. The summed E-state index contributed by atoms with van der Waals surface area (Å²) in [5.41, 5.74) is 0.861. The molecule has 1 aromatic heterocycles. The number of aromatic nitrogens is 2. The van der Waals surface area contributed by atoms with Crippen LogP contribution in [0.1, 0.15) is 25.7 Å². The van der Waals surface area contributed by atoms with Gasteiger partial charge in [-0.05, 0) is 12.1 Å². The Hall–Kier alpha value is -2.21. The molecule has 0 saturated carbocycles. The number of hydrogen-bond donors (Lipinski definition) is 0. The molecule has 1 aliphatic rings. The van der Waals surface area contributed by atoms with Crippen LogP contribution in [0.3, 0.4) is 0 Å². The molecular formula is C16H19N3O3. The van der Waals surface area contributed by atoms with E-state index in [9.17, 15) is 4.79 Å². The highest BCUT2D eigenvalue weighted by Gasteiger charge is 2.33. The normalized spacial score (nSPS) is 18.7. The van der Waals surface area contributed by atoms with Gasteiger partial charge in [-0.25, -0.2) is 0 Å². The highest BCUT2D eigenvalue weighted by molar-refractivity contribution is 5.78. The van der Waals surface area contributed by atoms with Crippen molar-refractivity contribution in [2.75, 3.05) is 19.8 Å². The standard InChI is InChI=1S/C16H19N3O3/c1-11(2)16(20)19-8-9-21-10-13(19)14-17-15(22-18-14)12-6-4-3-5-7-12/h3-7,11,13H,8-10H2,1-2H3/t13-/m1/s1. The molecule has 0 aliphatic carbocycles. The molecule has 1 aromatic carbocycles. The molecule has 0 unspecified atom stereocenters. The first kappa shape index (κ1) is 14.7. The van der Waals surface area contributed by atoms with E-state index in [1.807, 2.05) is 44.2 Å². The van der Waals surface area contributed by atoms with Crippen molar-refractivity contribution in [2.24, 2.45) is 5.92 Å². The van der Waals surface area contributed by atoms with E-state index < -0.39 is 0 Å². The molecule has 6 heteroatoms. The van der Waals surface area contributed by atoms with Crippen LogP contribution in [0.5, 0.6) is 0 Å². The summed E-state index contributed by atoms with van der Waals surface area (Å²) in [6, 6.07) is 9.29. The Balaban J connectivity index is 1.86. The van der Waals surface area contributed by atoms with Gasteiger partial charge in [-0.15, -0.1) is 0 Å². The van der Waals surface area contributed by atoms with Crippen molar-refractivity contribution < 1.29 is 14.1 Å². The maximum atomic E-state index is 12.3. The summed E-state index contributed by atoms with van der Waals surface area (Å²) in [6.07, 6.45) is 0. The summed E-state index contributed by atoms with van der Waals surface area (Å²) in [5, 5.41) is 4.05. The van der Waals surface area contributed by atoms with E-state index in [-0.39, 0.29) is 17.9 Å². The van der Waals surface area contributed by atoms with Crippen molar-refractivity contribution in [1.29, 1.82) is 0 Å². The van der Waals surface area contributed by atoms with Gasteiger partial charge in [0, 0.05) is 18.0 Å². The van der Waals surface area contributed by atoms with Gasteiger partial charge in [-0.3, -0.25) is 4.79 Å². The fourth-order valence-electron chi connectivity index (χ4n) is 2.48. The fraction of sp³-hybridized carbons (Fsp3) is 0.438. The molecule has 116 valence electrons. The van der Waals surface area contributed by atoms with Gasteiger partial charge in [0.15, 0.2) is 5.82 Å². The van der Waals surface area contributed by atoms with E-state index in [0.29, 0.717) is 31.5 Å². The van der Waals surface area contributed by atoms with E-state index in [4.69, 9.17) is 9.26 Å². The number of amides is 1. The lowest BCUT2D eigenvalue weighted by Gasteiger charge is -2.34. The summed E-state index contributed by atoms with van der Waals surface area (Å²) in [7, 11) is 0. The average Bonchev–Trinajstić information content (AvgIpc) is 3.05. The van der Waals surface area contributed by atoms with Crippen molar-refractivity contribution in [3.8, 4) is 11.5 Å². The van der Waals surface area contributed by atoms with E-state index in [2.05, 4.69) is 10.1 Å². The molecule has 22 heavy (non-hydrogen) atoms. The zero-order valence-electron chi connectivity index (χ0n) is 12.7. The molecule has 0 spiro atoms. The van der Waals surface area contributed by atoms with Gasteiger partial charge in [0.1, 0.15) is 6.04 Å². The first-order valence-corrected chi connectivity index (χ1v) is 7.44. The molecule has 2 heterocycles. The summed E-state index contributed by atoms with van der Waals surface area (Å²) < 4.78 is 10.8. The molecule has 1 fully saturated rings. The molecule has 0 N–H and O–H groups in total. The number of carbonyl (C=O) groups excluding carboxylic acids is 1.